The van der Waals surface area contributed by atoms with Crippen LogP contribution in [0, 0.1) is 6.58 Å². The molecule has 3 heteroatoms. The first-order valence-corrected chi connectivity index (χ1v) is 4.65. The number of halogens is 2. The molecule has 0 unspecified atom stereocenters. The number of hydrogen-bond donors (Lipinski definition) is 0. The third-order valence-electron chi connectivity index (χ3n) is 1.85. The SMILES string of the molecule is [CH-]=CC=CC.[Cl-].[Cl-].[Ti+4].c1ccc2[cH-]ccc2c1. The predicted molar refractivity (Wildman–Crippen MR) is 63.2 cm³/mol. The van der Waals surface area contributed by atoms with Crippen LogP contribution in [-0.2, 0) is 21.7 Å². The molecule has 0 saturated heterocycles. The summed E-state index contributed by atoms with van der Waals surface area (Å²) < 4.78 is 0. The molecule has 0 saturated carbocycles. The Morgan fingerprint density at radius 2 is 1.76 bits per heavy atom. The molecule has 0 nitrogen and oxygen atoms in total. The minimum absolute atomic E-state index is 0. The van der Waals surface area contributed by atoms with Gasteiger partial charge in [-0.2, -0.15) is 23.6 Å². The number of allylic oxidation sites excluding steroid dienone is 3. The summed E-state index contributed by atoms with van der Waals surface area (Å²) in [4.78, 5) is 0. The van der Waals surface area contributed by atoms with Crippen molar-refractivity contribution in [2.45, 2.75) is 6.92 Å². The molecule has 17 heavy (non-hydrogen) atoms. The van der Waals surface area contributed by atoms with Crippen LogP contribution in [0.4, 0.5) is 0 Å². The molecule has 0 aromatic heterocycles. The topological polar surface area (TPSA) is 0 Å². The van der Waals surface area contributed by atoms with Crippen LogP contribution in [0.25, 0.3) is 10.8 Å². The molecule has 0 spiro atoms. The molecule has 0 atom stereocenters. The van der Waals surface area contributed by atoms with Gasteiger partial charge in [0.15, 0.2) is 0 Å². The van der Waals surface area contributed by atoms with E-state index in [1.165, 1.54) is 16.8 Å². The van der Waals surface area contributed by atoms with E-state index in [-0.39, 0.29) is 46.5 Å². The van der Waals surface area contributed by atoms with E-state index >= 15 is 0 Å². The molecule has 0 heterocycles. The summed E-state index contributed by atoms with van der Waals surface area (Å²) >= 11 is 0. The fraction of sp³-hybridized carbons (Fsp3) is 0.0714. The summed E-state index contributed by atoms with van der Waals surface area (Å²) in [6.45, 7) is 6.85. The minimum Gasteiger partial charge on any atom is -1.00 e. The normalized spacial score (nSPS) is 8.06. The fourth-order valence-corrected chi connectivity index (χ4v) is 1.18. The number of fused-ring (bicyclic) bond motifs is 1. The smallest absolute Gasteiger partial charge is 1.00 e. The van der Waals surface area contributed by atoms with Gasteiger partial charge in [-0.05, 0) is 0 Å². The molecule has 0 fully saturated rings. The zero-order valence-electron chi connectivity index (χ0n) is 9.61. The van der Waals surface area contributed by atoms with Gasteiger partial charge in [0.2, 0.25) is 0 Å². The van der Waals surface area contributed by atoms with Crippen LogP contribution in [0.2, 0.25) is 0 Å². The molecule has 0 aliphatic heterocycles. The largest absolute Gasteiger partial charge is 4.00 e. The molecular weight excluding hydrogens is 287 g/mol. The summed E-state index contributed by atoms with van der Waals surface area (Å²) in [7, 11) is 0. The average molecular weight is 301 g/mol. The first kappa shape index (κ1) is 21.8. The number of benzene rings is 1. The Bertz CT molecular complexity index is 389. The summed E-state index contributed by atoms with van der Waals surface area (Å²) in [5.74, 6) is 0. The minimum atomic E-state index is 0. The van der Waals surface area contributed by atoms with Gasteiger partial charge in [0, 0.05) is 0 Å². The van der Waals surface area contributed by atoms with Gasteiger partial charge in [0.05, 0.1) is 0 Å². The molecule has 0 N–H and O–H groups in total. The molecule has 0 aliphatic carbocycles. The van der Waals surface area contributed by atoms with Crippen LogP contribution in [0.1, 0.15) is 6.92 Å². The van der Waals surface area contributed by atoms with Gasteiger partial charge in [0.25, 0.3) is 0 Å². The second-order valence-electron chi connectivity index (χ2n) is 2.87. The van der Waals surface area contributed by atoms with Gasteiger partial charge < -0.3 is 24.8 Å². The molecule has 0 radical (unpaired) electrons. The number of rotatable bonds is 1. The quantitative estimate of drug-likeness (QED) is 0.328. The molecule has 2 aromatic carbocycles. The standard InChI is InChI=1S/C9H7.C5H7.2ClH.Ti/c1-2-5-9-7-3-6-8(9)4-1;1-3-5-4-2;;;/h1-7H;1,3-5H,2H3;2*1H;/q2*-1;;;+4/p-2. The van der Waals surface area contributed by atoms with Crippen LogP contribution in [-0.4, -0.2) is 0 Å². The van der Waals surface area contributed by atoms with E-state index in [9.17, 15) is 0 Å². The maximum Gasteiger partial charge on any atom is 4.00 e. The van der Waals surface area contributed by atoms with Crippen LogP contribution in [0.15, 0.2) is 60.7 Å². The van der Waals surface area contributed by atoms with Crippen LogP contribution >= 0.6 is 0 Å². The van der Waals surface area contributed by atoms with Crippen molar-refractivity contribution < 1.29 is 46.5 Å². The van der Waals surface area contributed by atoms with E-state index in [1.54, 1.807) is 6.08 Å². The molecule has 0 aliphatic rings. The summed E-state index contributed by atoms with van der Waals surface area (Å²) in [5.41, 5.74) is 0. The van der Waals surface area contributed by atoms with E-state index in [0.29, 0.717) is 0 Å². The van der Waals surface area contributed by atoms with E-state index in [0.717, 1.165) is 0 Å². The third kappa shape index (κ3) is 8.34. The fourth-order valence-electron chi connectivity index (χ4n) is 1.18. The second-order valence-corrected chi connectivity index (χ2v) is 2.87. The maximum absolute atomic E-state index is 4.93. The van der Waals surface area contributed by atoms with E-state index in [4.69, 9.17) is 6.58 Å². The van der Waals surface area contributed by atoms with Crippen LogP contribution in [0.3, 0.4) is 0 Å². The zero-order valence-corrected chi connectivity index (χ0v) is 12.7. The van der Waals surface area contributed by atoms with Gasteiger partial charge in [0.1, 0.15) is 0 Å². The monoisotopic (exact) mass is 300 g/mol. The zero-order chi connectivity index (χ0) is 10.2. The van der Waals surface area contributed by atoms with Crippen molar-refractivity contribution in [2.75, 3.05) is 0 Å². The van der Waals surface area contributed by atoms with Crippen molar-refractivity contribution in [1.29, 1.82) is 0 Å². The Labute approximate surface area is 131 Å². The Balaban J connectivity index is -0.000000222. The summed E-state index contributed by atoms with van der Waals surface area (Å²) in [5, 5.41) is 2.66. The van der Waals surface area contributed by atoms with Crippen LogP contribution < -0.4 is 24.8 Å². The van der Waals surface area contributed by atoms with Gasteiger partial charge in [-0.1, -0.05) is 13.0 Å². The van der Waals surface area contributed by atoms with Crippen molar-refractivity contribution in [2.24, 2.45) is 0 Å². The Morgan fingerprint density at radius 3 is 2.24 bits per heavy atom. The first-order valence-electron chi connectivity index (χ1n) is 4.65. The van der Waals surface area contributed by atoms with Crippen molar-refractivity contribution in [3.05, 3.63) is 67.3 Å². The predicted octanol–water partition coefficient (Wildman–Crippen LogP) is -1.88. The summed E-state index contributed by atoms with van der Waals surface area (Å²) in [6, 6.07) is 14.7. The van der Waals surface area contributed by atoms with Crippen LogP contribution in [0.5, 0.6) is 0 Å². The van der Waals surface area contributed by atoms with Gasteiger partial charge in [-0.3, -0.25) is 6.58 Å². The van der Waals surface area contributed by atoms with Gasteiger partial charge in [-0.15, -0.1) is 29.7 Å². The molecule has 2 aromatic rings. The van der Waals surface area contributed by atoms with Gasteiger partial charge in [-0.25, -0.2) is 12.2 Å². The van der Waals surface area contributed by atoms with Crippen molar-refractivity contribution in [1.82, 2.24) is 0 Å². The molecule has 2 rings (SSSR count). The maximum atomic E-state index is 4.93. The molecular formula is C14H14Cl2Ti. The Hall–Kier alpha value is -0.396. The number of hydrogen-bond acceptors (Lipinski definition) is 0. The third-order valence-corrected chi connectivity index (χ3v) is 1.85. The average Bonchev–Trinajstić information content (AvgIpc) is 2.67. The van der Waals surface area contributed by atoms with E-state index < -0.39 is 0 Å². The van der Waals surface area contributed by atoms with Crippen molar-refractivity contribution in [3.63, 3.8) is 0 Å². The second kappa shape index (κ2) is 13.7. The Morgan fingerprint density at radius 1 is 1.12 bits per heavy atom. The Kier molecular flexibility index (Phi) is 17.6. The summed E-state index contributed by atoms with van der Waals surface area (Å²) in [6.07, 6.45) is 5.15. The molecule has 0 bridgehead atoms. The van der Waals surface area contributed by atoms with Crippen molar-refractivity contribution in [3.8, 4) is 0 Å². The van der Waals surface area contributed by atoms with E-state index in [1.807, 2.05) is 13.0 Å². The first-order chi connectivity index (χ1) is 6.88. The molecule has 88 valence electrons. The van der Waals surface area contributed by atoms with E-state index in [2.05, 4.69) is 42.5 Å². The van der Waals surface area contributed by atoms with Crippen molar-refractivity contribution >= 4 is 10.8 Å². The molecule has 0 amide bonds. The van der Waals surface area contributed by atoms with Gasteiger partial charge >= 0.3 is 21.7 Å².